The van der Waals surface area contributed by atoms with Crippen LogP contribution >= 0.6 is 35.6 Å². The van der Waals surface area contributed by atoms with Gasteiger partial charge in [-0.15, -0.1) is 24.0 Å². The van der Waals surface area contributed by atoms with Gasteiger partial charge >= 0.3 is 0 Å². The molecule has 3 heterocycles. The number of likely N-dealkylation sites (tertiary alicyclic amines) is 1. The molecule has 3 fully saturated rings. The SMILES string of the molecule is CN=C(NCC1CCN(C2CC2)C1)NC1CCN(c2ncccc2Cl)C1.I. The maximum atomic E-state index is 6.28. The van der Waals surface area contributed by atoms with Crippen molar-refractivity contribution in [1.82, 2.24) is 20.5 Å². The Kier molecular flexibility index (Phi) is 7.44. The molecule has 0 aromatic carbocycles. The van der Waals surface area contributed by atoms with Gasteiger partial charge < -0.3 is 20.4 Å². The normalized spacial score (nSPS) is 26.1. The second-order valence-corrected chi connectivity index (χ2v) is 8.13. The number of nitrogens with zero attached hydrogens (tertiary/aromatic N) is 4. The third kappa shape index (κ3) is 5.38. The summed E-state index contributed by atoms with van der Waals surface area (Å²) in [5.41, 5.74) is 0. The van der Waals surface area contributed by atoms with E-state index in [-0.39, 0.29) is 24.0 Å². The summed E-state index contributed by atoms with van der Waals surface area (Å²) >= 11 is 6.28. The van der Waals surface area contributed by atoms with Crippen LogP contribution in [0.3, 0.4) is 0 Å². The Balaban J connectivity index is 0.00000210. The summed E-state index contributed by atoms with van der Waals surface area (Å²) in [4.78, 5) is 13.7. The van der Waals surface area contributed by atoms with Crippen LogP contribution in [-0.2, 0) is 0 Å². The number of guanidine groups is 1. The summed E-state index contributed by atoms with van der Waals surface area (Å²) in [7, 11) is 1.85. The Labute approximate surface area is 184 Å². The first-order valence-corrected chi connectivity index (χ1v) is 10.2. The summed E-state index contributed by atoms with van der Waals surface area (Å²) < 4.78 is 0. The molecule has 0 spiro atoms. The molecule has 2 aliphatic heterocycles. The van der Waals surface area contributed by atoms with Crippen molar-refractivity contribution in [3.63, 3.8) is 0 Å². The number of hydrogen-bond acceptors (Lipinski definition) is 4. The molecule has 2 saturated heterocycles. The van der Waals surface area contributed by atoms with Gasteiger partial charge in [0, 0.05) is 51.5 Å². The third-order valence-corrected chi connectivity index (χ3v) is 6.03. The van der Waals surface area contributed by atoms with Crippen LogP contribution in [0.1, 0.15) is 25.7 Å². The number of anilines is 1. The van der Waals surface area contributed by atoms with Gasteiger partial charge in [0.15, 0.2) is 5.96 Å². The fourth-order valence-corrected chi connectivity index (χ4v) is 4.35. The number of nitrogens with one attached hydrogen (secondary N) is 2. The minimum absolute atomic E-state index is 0. The van der Waals surface area contributed by atoms with E-state index in [9.17, 15) is 0 Å². The number of halogens is 2. The lowest BCUT2D eigenvalue weighted by Crippen LogP contribution is -2.46. The van der Waals surface area contributed by atoms with E-state index >= 15 is 0 Å². The van der Waals surface area contributed by atoms with Crippen molar-refractivity contribution in [2.75, 3.05) is 44.7 Å². The summed E-state index contributed by atoms with van der Waals surface area (Å²) in [5, 5.41) is 7.82. The van der Waals surface area contributed by atoms with Gasteiger partial charge in [-0.2, -0.15) is 0 Å². The number of aromatic nitrogens is 1. The first-order valence-electron chi connectivity index (χ1n) is 9.79. The lowest BCUT2D eigenvalue weighted by atomic mass is 10.1. The summed E-state index contributed by atoms with van der Waals surface area (Å²) in [6, 6.07) is 5.03. The maximum Gasteiger partial charge on any atom is 0.191 e. The van der Waals surface area contributed by atoms with Crippen molar-refractivity contribution in [2.45, 2.75) is 37.8 Å². The van der Waals surface area contributed by atoms with E-state index in [1.807, 2.05) is 19.2 Å². The minimum atomic E-state index is 0. The molecule has 0 radical (unpaired) electrons. The quantitative estimate of drug-likeness (QED) is 0.367. The van der Waals surface area contributed by atoms with E-state index in [4.69, 9.17) is 11.6 Å². The molecular formula is C19H30ClIN6. The van der Waals surface area contributed by atoms with Crippen molar-refractivity contribution < 1.29 is 0 Å². The molecule has 8 heteroatoms. The topological polar surface area (TPSA) is 55.8 Å². The van der Waals surface area contributed by atoms with Crippen molar-refractivity contribution in [1.29, 1.82) is 0 Å². The minimum Gasteiger partial charge on any atom is -0.356 e. The molecule has 0 bridgehead atoms. The molecule has 1 aromatic heterocycles. The Morgan fingerprint density at radius 2 is 2.11 bits per heavy atom. The number of pyridine rings is 1. The number of hydrogen-bond donors (Lipinski definition) is 2. The van der Waals surface area contributed by atoms with Gasteiger partial charge in [-0.25, -0.2) is 4.98 Å². The molecular weight excluding hydrogens is 475 g/mol. The Morgan fingerprint density at radius 3 is 2.85 bits per heavy atom. The molecule has 4 rings (SSSR count). The fraction of sp³-hybridized carbons (Fsp3) is 0.684. The van der Waals surface area contributed by atoms with Crippen LogP contribution in [0.25, 0.3) is 0 Å². The highest BCUT2D eigenvalue weighted by Gasteiger charge is 2.34. The van der Waals surface area contributed by atoms with Crippen LogP contribution in [0.5, 0.6) is 0 Å². The predicted octanol–water partition coefficient (Wildman–Crippen LogP) is 2.58. The smallest absolute Gasteiger partial charge is 0.191 e. The maximum absolute atomic E-state index is 6.28. The van der Waals surface area contributed by atoms with E-state index in [2.05, 4.69) is 30.4 Å². The molecule has 0 amide bonds. The molecule has 3 aliphatic rings. The lowest BCUT2D eigenvalue weighted by molar-refractivity contribution is 0.314. The van der Waals surface area contributed by atoms with E-state index in [1.54, 1.807) is 6.20 Å². The van der Waals surface area contributed by atoms with E-state index in [0.717, 1.165) is 54.8 Å². The average Bonchev–Trinajstić information content (AvgIpc) is 3.22. The molecule has 2 unspecified atom stereocenters. The zero-order chi connectivity index (χ0) is 17.9. The summed E-state index contributed by atoms with van der Waals surface area (Å²) in [6.07, 6.45) is 6.97. The molecule has 1 aliphatic carbocycles. The van der Waals surface area contributed by atoms with Crippen molar-refractivity contribution in [3.8, 4) is 0 Å². The monoisotopic (exact) mass is 504 g/mol. The van der Waals surface area contributed by atoms with Crippen molar-refractivity contribution in [3.05, 3.63) is 23.4 Å². The van der Waals surface area contributed by atoms with Crippen LogP contribution in [0.15, 0.2) is 23.3 Å². The molecule has 1 saturated carbocycles. The lowest BCUT2D eigenvalue weighted by Gasteiger charge is -2.21. The molecule has 6 nitrogen and oxygen atoms in total. The average molecular weight is 505 g/mol. The second-order valence-electron chi connectivity index (χ2n) is 7.72. The highest BCUT2D eigenvalue weighted by Crippen LogP contribution is 2.31. The summed E-state index contributed by atoms with van der Waals surface area (Å²) in [5.74, 6) is 2.53. The van der Waals surface area contributed by atoms with Gasteiger partial charge in [-0.3, -0.25) is 4.99 Å². The Morgan fingerprint density at radius 1 is 1.26 bits per heavy atom. The Bertz CT molecular complexity index is 653. The number of aliphatic imine (C=N–C) groups is 1. The predicted molar refractivity (Wildman–Crippen MR) is 122 cm³/mol. The van der Waals surface area contributed by atoms with Crippen LogP contribution < -0.4 is 15.5 Å². The van der Waals surface area contributed by atoms with Gasteiger partial charge in [0.1, 0.15) is 5.82 Å². The van der Waals surface area contributed by atoms with Gasteiger partial charge in [-0.05, 0) is 50.3 Å². The Hall–Kier alpha value is -0.800. The standard InChI is InChI=1S/C19H29ClN6.HI/c1-21-19(23-11-14-6-9-25(12-14)16-4-5-16)24-15-7-10-26(13-15)18-17(20)3-2-8-22-18;/h2-3,8,14-16H,4-7,9-13H2,1H3,(H2,21,23,24);1H. The summed E-state index contributed by atoms with van der Waals surface area (Å²) in [6.45, 7) is 5.38. The van der Waals surface area contributed by atoms with E-state index in [1.165, 1.54) is 32.4 Å². The van der Waals surface area contributed by atoms with Crippen molar-refractivity contribution >= 4 is 47.4 Å². The van der Waals surface area contributed by atoms with Crippen LogP contribution in [0.4, 0.5) is 5.82 Å². The van der Waals surface area contributed by atoms with Gasteiger partial charge in [0.05, 0.1) is 5.02 Å². The fourth-order valence-electron chi connectivity index (χ4n) is 4.11. The van der Waals surface area contributed by atoms with Crippen molar-refractivity contribution in [2.24, 2.45) is 10.9 Å². The van der Waals surface area contributed by atoms with Crippen LogP contribution in [-0.4, -0.2) is 67.7 Å². The van der Waals surface area contributed by atoms with Crippen LogP contribution in [0.2, 0.25) is 5.02 Å². The van der Waals surface area contributed by atoms with Gasteiger partial charge in [0.25, 0.3) is 0 Å². The zero-order valence-electron chi connectivity index (χ0n) is 15.9. The molecule has 1 aromatic rings. The third-order valence-electron chi connectivity index (χ3n) is 5.73. The molecule has 2 atom stereocenters. The molecule has 150 valence electrons. The zero-order valence-corrected chi connectivity index (χ0v) is 19.0. The number of rotatable bonds is 5. The van der Waals surface area contributed by atoms with Gasteiger partial charge in [-0.1, -0.05) is 11.6 Å². The van der Waals surface area contributed by atoms with Gasteiger partial charge in [0.2, 0.25) is 0 Å². The highest BCUT2D eigenvalue weighted by molar-refractivity contribution is 14.0. The first kappa shape index (κ1) is 20.9. The molecule has 27 heavy (non-hydrogen) atoms. The second kappa shape index (κ2) is 9.60. The molecule has 2 N–H and O–H groups in total. The largest absolute Gasteiger partial charge is 0.356 e. The first-order chi connectivity index (χ1) is 12.7. The van der Waals surface area contributed by atoms with E-state index < -0.39 is 0 Å². The highest BCUT2D eigenvalue weighted by atomic mass is 127. The van der Waals surface area contributed by atoms with Crippen LogP contribution in [0, 0.1) is 5.92 Å². The van der Waals surface area contributed by atoms with E-state index in [0.29, 0.717) is 6.04 Å².